The summed E-state index contributed by atoms with van der Waals surface area (Å²) >= 11 is 0. The normalized spacial score (nSPS) is 19.0. The molecule has 0 unspecified atom stereocenters. The number of hydrogen-bond acceptors (Lipinski definition) is 7. The molecule has 2 heterocycles. The van der Waals surface area contributed by atoms with Gasteiger partial charge in [-0.1, -0.05) is 6.07 Å². The lowest BCUT2D eigenvalue weighted by Crippen LogP contribution is -2.41. The third-order valence-corrected chi connectivity index (χ3v) is 7.54. The molecule has 176 valence electrons. The number of anilines is 1. The number of carbonyl (C=O) groups is 1. The average molecular weight is 474 g/mol. The minimum atomic E-state index is -3.21. The first kappa shape index (κ1) is 23.0. The molecule has 0 radical (unpaired) electrons. The highest BCUT2D eigenvalue weighted by Gasteiger charge is 2.28. The van der Waals surface area contributed by atoms with Gasteiger partial charge in [0.2, 0.25) is 16.0 Å². The summed E-state index contributed by atoms with van der Waals surface area (Å²) in [4.78, 5) is 20.8. The SMILES string of the molecule is COc1cccc2c1c(C(=O)O)cn2-c1ccnc(NC2CCC(N(C)S(C)(=O)=O)CC2)n1. The molecule has 11 heteroatoms. The molecule has 1 aliphatic rings. The predicted molar refractivity (Wildman–Crippen MR) is 125 cm³/mol. The molecule has 1 saturated carbocycles. The number of carboxylic acid groups (broad SMARTS) is 1. The number of aromatic nitrogens is 3. The second-order valence-electron chi connectivity index (χ2n) is 8.24. The van der Waals surface area contributed by atoms with Gasteiger partial charge in [0.25, 0.3) is 0 Å². The van der Waals surface area contributed by atoms with Crippen molar-refractivity contribution >= 4 is 32.8 Å². The monoisotopic (exact) mass is 473 g/mol. The minimum absolute atomic E-state index is 0.000890. The molecule has 0 amide bonds. The van der Waals surface area contributed by atoms with Crippen molar-refractivity contribution in [3.05, 3.63) is 42.2 Å². The number of benzene rings is 1. The lowest BCUT2D eigenvalue weighted by atomic mass is 9.91. The Morgan fingerprint density at radius 1 is 1.24 bits per heavy atom. The number of nitrogens with zero attached hydrogens (tertiary/aromatic N) is 4. The third-order valence-electron chi connectivity index (χ3n) is 6.20. The number of ether oxygens (including phenoxy) is 1. The van der Waals surface area contributed by atoms with E-state index in [1.807, 2.05) is 6.07 Å². The molecule has 0 atom stereocenters. The van der Waals surface area contributed by atoms with E-state index >= 15 is 0 Å². The van der Waals surface area contributed by atoms with Gasteiger partial charge >= 0.3 is 5.97 Å². The van der Waals surface area contributed by atoms with Gasteiger partial charge in [0.05, 0.1) is 29.8 Å². The fourth-order valence-corrected chi connectivity index (χ4v) is 5.12. The maximum atomic E-state index is 11.8. The number of nitrogens with one attached hydrogen (secondary N) is 1. The topological polar surface area (TPSA) is 127 Å². The Morgan fingerprint density at radius 3 is 2.61 bits per heavy atom. The highest BCUT2D eigenvalue weighted by Crippen LogP contribution is 2.32. The van der Waals surface area contributed by atoms with Crippen molar-refractivity contribution in [3.8, 4) is 11.6 Å². The first-order valence-electron chi connectivity index (χ1n) is 10.6. The number of fused-ring (bicyclic) bond motifs is 1. The van der Waals surface area contributed by atoms with Crippen LogP contribution in [0.1, 0.15) is 36.0 Å². The van der Waals surface area contributed by atoms with Crippen molar-refractivity contribution in [3.63, 3.8) is 0 Å². The summed E-state index contributed by atoms with van der Waals surface area (Å²) in [6.07, 6.45) is 7.49. The van der Waals surface area contributed by atoms with Crippen LogP contribution in [0.2, 0.25) is 0 Å². The van der Waals surface area contributed by atoms with E-state index in [-0.39, 0.29) is 17.6 Å². The zero-order valence-electron chi connectivity index (χ0n) is 18.7. The largest absolute Gasteiger partial charge is 0.496 e. The molecule has 10 nitrogen and oxygen atoms in total. The standard InChI is InChI=1S/C22H27N5O5S/c1-26(33(3,30)31)15-9-7-14(8-10-15)24-22-23-12-11-19(25-22)27-13-16(21(28)29)20-17(27)5-4-6-18(20)32-2/h4-6,11-15H,7-10H2,1-3H3,(H,28,29)(H,23,24,25). The van der Waals surface area contributed by atoms with Gasteiger partial charge in [-0.05, 0) is 43.9 Å². The fraction of sp³-hybridized carbons (Fsp3) is 0.409. The molecule has 1 fully saturated rings. The van der Waals surface area contributed by atoms with Crippen LogP contribution in [-0.4, -0.2) is 70.8 Å². The van der Waals surface area contributed by atoms with Crippen LogP contribution in [0.3, 0.4) is 0 Å². The fourth-order valence-electron chi connectivity index (χ4n) is 4.37. The molecule has 1 aliphatic carbocycles. The van der Waals surface area contributed by atoms with Crippen LogP contribution in [-0.2, 0) is 10.0 Å². The zero-order chi connectivity index (χ0) is 23.8. The van der Waals surface area contributed by atoms with Crippen LogP contribution in [0.15, 0.2) is 36.7 Å². The van der Waals surface area contributed by atoms with Gasteiger partial charge in [0.15, 0.2) is 0 Å². The van der Waals surface area contributed by atoms with Crippen molar-refractivity contribution in [2.45, 2.75) is 37.8 Å². The number of aromatic carboxylic acids is 1. The van der Waals surface area contributed by atoms with Crippen LogP contribution in [0.25, 0.3) is 16.7 Å². The van der Waals surface area contributed by atoms with E-state index in [4.69, 9.17) is 4.74 Å². The number of sulfonamides is 1. The summed E-state index contributed by atoms with van der Waals surface area (Å²) in [5.41, 5.74) is 0.796. The number of methoxy groups -OCH3 is 1. The Labute approximate surface area is 192 Å². The minimum Gasteiger partial charge on any atom is -0.496 e. The van der Waals surface area contributed by atoms with Crippen molar-refractivity contribution < 1.29 is 23.1 Å². The molecule has 1 aromatic carbocycles. The van der Waals surface area contributed by atoms with Gasteiger partial charge in [-0.25, -0.2) is 22.5 Å². The molecule has 0 bridgehead atoms. The maximum absolute atomic E-state index is 11.8. The van der Waals surface area contributed by atoms with E-state index in [1.54, 1.807) is 36.0 Å². The lowest BCUT2D eigenvalue weighted by molar-refractivity contribution is 0.0698. The summed E-state index contributed by atoms with van der Waals surface area (Å²) < 4.78 is 32.1. The van der Waals surface area contributed by atoms with E-state index in [2.05, 4.69) is 15.3 Å². The second kappa shape index (κ2) is 8.99. The van der Waals surface area contributed by atoms with Crippen LogP contribution >= 0.6 is 0 Å². The van der Waals surface area contributed by atoms with E-state index in [1.165, 1.54) is 23.9 Å². The van der Waals surface area contributed by atoms with Gasteiger partial charge in [-0.2, -0.15) is 4.98 Å². The molecular weight excluding hydrogens is 446 g/mol. The molecule has 4 rings (SSSR count). The quantitative estimate of drug-likeness (QED) is 0.536. The smallest absolute Gasteiger partial charge is 0.338 e. The van der Waals surface area contributed by atoms with Gasteiger partial charge in [0.1, 0.15) is 11.6 Å². The maximum Gasteiger partial charge on any atom is 0.338 e. The highest BCUT2D eigenvalue weighted by molar-refractivity contribution is 7.88. The molecular formula is C22H27N5O5S. The van der Waals surface area contributed by atoms with E-state index < -0.39 is 16.0 Å². The van der Waals surface area contributed by atoms with Crippen LogP contribution in [0.4, 0.5) is 5.95 Å². The Kier molecular flexibility index (Phi) is 6.26. The Hall–Kier alpha value is -3.18. The zero-order valence-corrected chi connectivity index (χ0v) is 19.5. The molecule has 0 aliphatic heterocycles. The third kappa shape index (κ3) is 4.64. The van der Waals surface area contributed by atoms with Crippen LogP contribution in [0, 0.1) is 0 Å². The number of hydrogen-bond donors (Lipinski definition) is 2. The summed E-state index contributed by atoms with van der Waals surface area (Å²) in [7, 11) is -0.0736. The Bertz CT molecular complexity index is 1280. The predicted octanol–water partition coefficient (Wildman–Crippen LogP) is 2.74. The number of carboxylic acids is 1. The summed E-state index contributed by atoms with van der Waals surface area (Å²) in [5, 5.41) is 13.5. The highest BCUT2D eigenvalue weighted by atomic mass is 32.2. The van der Waals surface area contributed by atoms with Gasteiger partial charge in [-0.3, -0.25) is 0 Å². The van der Waals surface area contributed by atoms with Crippen molar-refractivity contribution in [2.75, 3.05) is 25.7 Å². The van der Waals surface area contributed by atoms with Crippen molar-refractivity contribution in [1.29, 1.82) is 0 Å². The molecule has 3 aromatic rings. The molecule has 0 spiro atoms. The number of rotatable bonds is 7. The van der Waals surface area contributed by atoms with Gasteiger partial charge in [0, 0.05) is 31.5 Å². The molecule has 2 N–H and O–H groups in total. The van der Waals surface area contributed by atoms with Crippen molar-refractivity contribution in [1.82, 2.24) is 18.8 Å². The summed E-state index contributed by atoms with van der Waals surface area (Å²) in [5.74, 6) is 0.399. The van der Waals surface area contributed by atoms with Gasteiger partial charge in [-0.15, -0.1) is 0 Å². The van der Waals surface area contributed by atoms with E-state index in [0.717, 1.165) is 25.7 Å². The lowest BCUT2D eigenvalue weighted by Gasteiger charge is -2.33. The van der Waals surface area contributed by atoms with Crippen LogP contribution < -0.4 is 10.1 Å². The summed E-state index contributed by atoms with van der Waals surface area (Å²) in [6, 6.07) is 7.19. The Morgan fingerprint density at radius 2 is 1.97 bits per heavy atom. The second-order valence-corrected chi connectivity index (χ2v) is 10.3. The van der Waals surface area contributed by atoms with E-state index in [9.17, 15) is 18.3 Å². The molecule has 33 heavy (non-hydrogen) atoms. The van der Waals surface area contributed by atoms with E-state index in [0.29, 0.717) is 28.4 Å². The first-order chi connectivity index (χ1) is 15.7. The first-order valence-corrected chi connectivity index (χ1v) is 12.5. The molecule has 2 aromatic heterocycles. The molecule has 0 saturated heterocycles. The van der Waals surface area contributed by atoms with Crippen LogP contribution in [0.5, 0.6) is 5.75 Å². The van der Waals surface area contributed by atoms with Gasteiger partial charge < -0.3 is 19.7 Å². The summed E-state index contributed by atoms with van der Waals surface area (Å²) in [6.45, 7) is 0. The Balaban J connectivity index is 1.56. The van der Waals surface area contributed by atoms with Crippen molar-refractivity contribution in [2.24, 2.45) is 0 Å². The average Bonchev–Trinajstić information content (AvgIpc) is 3.19.